The van der Waals surface area contributed by atoms with Crippen LogP contribution in [-0.4, -0.2) is 22.8 Å². The summed E-state index contributed by atoms with van der Waals surface area (Å²) in [6, 6.07) is -0.700. The van der Waals surface area contributed by atoms with Crippen molar-refractivity contribution in [2.75, 3.05) is 0 Å². The first-order valence-corrected chi connectivity index (χ1v) is 5.56. The van der Waals surface area contributed by atoms with E-state index in [0.717, 1.165) is 44.2 Å². The first-order valence-electron chi connectivity index (χ1n) is 5.56. The number of aliphatic carboxylic acids is 1. The number of hydrogen-bond donors (Lipinski definition) is 3. The van der Waals surface area contributed by atoms with Gasteiger partial charge in [-0.2, -0.15) is 0 Å². The van der Waals surface area contributed by atoms with E-state index in [1.807, 2.05) is 6.92 Å². The van der Waals surface area contributed by atoms with Gasteiger partial charge in [-0.1, -0.05) is 25.7 Å². The normalized spacial score (nSPS) is 12.4. The van der Waals surface area contributed by atoms with Gasteiger partial charge in [0, 0.05) is 5.71 Å². The number of rotatable bonds is 9. The van der Waals surface area contributed by atoms with Crippen molar-refractivity contribution in [3.8, 4) is 0 Å². The van der Waals surface area contributed by atoms with Crippen molar-refractivity contribution in [2.45, 2.75) is 57.9 Å². The molecule has 0 bridgehead atoms. The average Bonchev–Trinajstić information content (AvgIpc) is 2.15. The highest BCUT2D eigenvalue weighted by molar-refractivity contribution is 5.78. The predicted molar refractivity (Wildman–Crippen MR) is 61.3 cm³/mol. The molecule has 0 saturated heterocycles. The lowest BCUT2D eigenvalue weighted by Gasteiger charge is -2.05. The Morgan fingerprint density at radius 1 is 1.27 bits per heavy atom. The van der Waals surface area contributed by atoms with Gasteiger partial charge in [0.25, 0.3) is 0 Å². The molecule has 0 rings (SSSR count). The Kier molecular flexibility index (Phi) is 7.91. The zero-order valence-corrected chi connectivity index (χ0v) is 9.46. The van der Waals surface area contributed by atoms with Gasteiger partial charge in [0.2, 0.25) is 0 Å². The van der Waals surface area contributed by atoms with Crippen molar-refractivity contribution in [3.05, 3.63) is 0 Å². The van der Waals surface area contributed by atoms with Crippen LogP contribution in [-0.2, 0) is 4.79 Å². The maximum absolute atomic E-state index is 10.4. The van der Waals surface area contributed by atoms with E-state index in [0.29, 0.717) is 6.42 Å². The van der Waals surface area contributed by atoms with Gasteiger partial charge in [0.15, 0.2) is 0 Å². The van der Waals surface area contributed by atoms with Crippen LogP contribution in [0.25, 0.3) is 0 Å². The third-order valence-electron chi connectivity index (χ3n) is 2.38. The molecule has 0 aliphatic carbocycles. The minimum Gasteiger partial charge on any atom is -0.480 e. The maximum atomic E-state index is 10.4. The van der Waals surface area contributed by atoms with Crippen molar-refractivity contribution >= 4 is 11.7 Å². The molecule has 0 aromatic rings. The molecule has 0 spiro atoms. The zero-order valence-electron chi connectivity index (χ0n) is 9.46. The van der Waals surface area contributed by atoms with Crippen LogP contribution < -0.4 is 5.73 Å². The molecule has 4 N–H and O–H groups in total. The van der Waals surface area contributed by atoms with Gasteiger partial charge in [-0.25, -0.2) is 0 Å². The lowest BCUT2D eigenvalue weighted by atomic mass is 10.1. The van der Waals surface area contributed by atoms with Crippen LogP contribution in [0.2, 0.25) is 0 Å². The minimum atomic E-state index is -0.908. The van der Waals surface area contributed by atoms with E-state index < -0.39 is 12.0 Å². The summed E-state index contributed by atoms with van der Waals surface area (Å²) >= 11 is 0. The minimum absolute atomic E-state index is 0.568. The summed E-state index contributed by atoms with van der Waals surface area (Å²) in [5.41, 5.74) is 6.11. The van der Waals surface area contributed by atoms with Gasteiger partial charge >= 0.3 is 5.97 Å². The van der Waals surface area contributed by atoms with E-state index in [2.05, 4.69) is 0 Å². The second kappa shape index (κ2) is 8.41. The Morgan fingerprint density at radius 3 is 2.33 bits per heavy atom. The molecule has 0 radical (unpaired) electrons. The molecule has 0 heterocycles. The highest BCUT2D eigenvalue weighted by Gasteiger charge is 2.09. The molecule has 4 heteroatoms. The van der Waals surface area contributed by atoms with Gasteiger partial charge in [-0.15, -0.1) is 0 Å². The van der Waals surface area contributed by atoms with Gasteiger partial charge in [0.1, 0.15) is 6.04 Å². The summed E-state index contributed by atoms with van der Waals surface area (Å²) in [5, 5.41) is 15.8. The summed E-state index contributed by atoms with van der Waals surface area (Å²) in [6.07, 6.45) is 6.68. The molecular formula is C11H22N2O2. The molecule has 4 nitrogen and oxygen atoms in total. The fraction of sp³-hybridized carbons (Fsp3) is 0.818. The van der Waals surface area contributed by atoms with Crippen molar-refractivity contribution in [3.63, 3.8) is 0 Å². The number of nitrogens with one attached hydrogen (secondary N) is 1. The number of nitrogens with two attached hydrogens (primary N) is 1. The quantitative estimate of drug-likeness (QED) is 0.406. The molecule has 0 unspecified atom stereocenters. The van der Waals surface area contributed by atoms with Crippen LogP contribution in [0.15, 0.2) is 0 Å². The fourth-order valence-electron chi connectivity index (χ4n) is 1.41. The Labute approximate surface area is 91.4 Å². The number of carboxylic acid groups (broad SMARTS) is 1. The SMILES string of the molecule is CC(=N)CCCCCCC[C@H](N)C(=O)O. The molecule has 0 aromatic carbocycles. The smallest absolute Gasteiger partial charge is 0.320 e. The molecule has 0 aliphatic heterocycles. The van der Waals surface area contributed by atoms with Gasteiger partial charge in [0.05, 0.1) is 0 Å². The standard InChI is InChI=1S/C11H22N2O2/c1-9(12)7-5-3-2-4-6-8-10(13)11(14)15/h10,12H,2-8,13H2,1H3,(H,14,15)/t10-/m0/s1. The summed E-state index contributed by atoms with van der Waals surface area (Å²) in [7, 11) is 0. The largest absolute Gasteiger partial charge is 0.480 e. The molecule has 15 heavy (non-hydrogen) atoms. The first-order chi connectivity index (χ1) is 7.04. The lowest BCUT2D eigenvalue weighted by molar-refractivity contribution is -0.138. The Hall–Kier alpha value is -0.900. The summed E-state index contributed by atoms with van der Waals surface area (Å²) in [6.45, 7) is 1.83. The first kappa shape index (κ1) is 14.1. The summed E-state index contributed by atoms with van der Waals surface area (Å²) in [5.74, 6) is -0.908. The van der Waals surface area contributed by atoms with E-state index in [-0.39, 0.29) is 0 Å². The zero-order chi connectivity index (χ0) is 11.7. The number of unbranched alkanes of at least 4 members (excludes halogenated alkanes) is 4. The van der Waals surface area contributed by atoms with Gasteiger partial charge < -0.3 is 16.2 Å². The van der Waals surface area contributed by atoms with Crippen LogP contribution in [0, 0.1) is 5.41 Å². The van der Waals surface area contributed by atoms with Crippen molar-refractivity contribution in [1.29, 1.82) is 5.41 Å². The third-order valence-corrected chi connectivity index (χ3v) is 2.38. The molecular weight excluding hydrogens is 192 g/mol. The predicted octanol–water partition coefficient (Wildman–Crippen LogP) is 2.17. The molecule has 0 aliphatic rings. The van der Waals surface area contributed by atoms with Crippen molar-refractivity contribution < 1.29 is 9.90 Å². The van der Waals surface area contributed by atoms with Crippen LogP contribution in [0.5, 0.6) is 0 Å². The number of carbonyl (C=O) groups is 1. The second-order valence-corrected chi connectivity index (χ2v) is 4.03. The van der Waals surface area contributed by atoms with Gasteiger partial charge in [-0.3, -0.25) is 4.79 Å². The van der Waals surface area contributed by atoms with E-state index in [1.54, 1.807) is 0 Å². The van der Waals surface area contributed by atoms with E-state index >= 15 is 0 Å². The maximum Gasteiger partial charge on any atom is 0.320 e. The van der Waals surface area contributed by atoms with Crippen molar-refractivity contribution in [1.82, 2.24) is 0 Å². The van der Waals surface area contributed by atoms with Crippen LogP contribution in [0.1, 0.15) is 51.9 Å². The Balaban J connectivity index is 3.18. The summed E-state index contributed by atoms with van der Waals surface area (Å²) < 4.78 is 0. The number of hydrogen-bond acceptors (Lipinski definition) is 3. The fourth-order valence-corrected chi connectivity index (χ4v) is 1.41. The Bertz CT molecular complexity index is 205. The molecule has 0 amide bonds. The summed E-state index contributed by atoms with van der Waals surface area (Å²) in [4.78, 5) is 10.4. The van der Waals surface area contributed by atoms with Crippen LogP contribution >= 0.6 is 0 Å². The monoisotopic (exact) mass is 214 g/mol. The van der Waals surface area contributed by atoms with Crippen LogP contribution in [0.4, 0.5) is 0 Å². The van der Waals surface area contributed by atoms with Crippen LogP contribution in [0.3, 0.4) is 0 Å². The molecule has 1 atom stereocenters. The lowest BCUT2D eigenvalue weighted by Crippen LogP contribution is -2.29. The Morgan fingerprint density at radius 2 is 1.80 bits per heavy atom. The molecule has 0 aromatic heterocycles. The van der Waals surface area contributed by atoms with Crippen molar-refractivity contribution in [2.24, 2.45) is 5.73 Å². The average molecular weight is 214 g/mol. The topological polar surface area (TPSA) is 87.2 Å². The van der Waals surface area contributed by atoms with Gasteiger partial charge in [-0.05, 0) is 26.2 Å². The van der Waals surface area contributed by atoms with E-state index in [1.165, 1.54) is 0 Å². The van der Waals surface area contributed by atoms with E-state index in [4.69, 9.17) is 16.2 Å². The molecule has 0 saturated carbocycles. The molecule has 0 fully saturated rings. The third kappa shape index (κ3) is 9.41. The van der Waals surface area contributed by atoms with E-state index in [9.17, 15) is 4.79 Å². The number of carboxylic acids is 1. The second-order valence-electron chi connectivity index (χ2n) is 4.03. The highest BCUT2D eigenvalue weighted by Crippen LogP contribution is 2.08. The highest BCUT2D eigenvalue weighted by atomic mass is 16.4. The molecule has 88 valence electrons.